The van der Waals surface area contributed by atoms with Crippen LogP contribution in [0.1, 0.15) is 31.0 Å². The number of amides is 1. The van der Waals surface area contributed by atoms with Crippen molar-refractivity contribution in [2.24, 2.45) is 17.3 Å². The van der Waals surface area contributed by atoms with Gasteiger partial charge >= 0.3 is 5.97 Å². The average Bonchev–Trinajstić information content (AvgIpc) is 3.59. The normalized spacial score (nSPS) is 31.4. The summed E-state index contributed by atoms with van der Waals surface area (Å²) in [5.41, 5.74) is 7.70. The number of hydrogen-bond acceptors (Lipinski definition) is 8. The van der Waals surface area contributed by atoms with Crippen molar-refractivity contribution in [3.63, 3.8) is 0 Å². The highest BCUT2D eigenvalue weighted by atomic mass is 16.4. The van der Waals surface area contributed by atoms with E-state index in [4.69, 9.17) is 0 Å². The minimum absolute atomic E-state index is 0.00573. The molecule has 2 aromatic rings. The molecule has 35 heavy (non-hydrogen) atoms. The number of pyridine rings is 1. The SMILES string of the molecule is O=C1NNCC2NC(c3ccccc3)NC(Nc3ccc(N4CCC5(CC4)CC5C(=O)O)nc3)C12. The third-order valence-electron chi connectivity index (χ3n) is 8.13. The quantitative estimate of drug-likeness (QED) is 0.374. The van der Waals surface area contributed by atoms with E-state index in [1.807, 2.05) is 36.5 Å². The van der Waals surface area contributed by atoms with Crippen LogP contribution < -0.4 is 31.7 Å². The van der Waals surface area contributed by atoms with Crippen molar-refractivity contribution in [3.05, 3.63) is 54.2 Å². The van der Waals surface area contributed by atoms with Crippen LogP contribution in [0.4, 0.5) is 11.5 Å². The Morgan fingerprint density at radius 2 is 1.91 bits per heavy atom. The van der Waals surface area contributed by atoms with Crippen molar-refractivity contribution in [2.75, 3.05) is 29.9 Å². The lowest BCUT2D eigenvalue weighted by molar-refractivity contribution is -0.139. The predicted octanol–water partition coefficient (Wildman–Crippen LogP) is 1.02. The van der Waals surface area contributed by atoms with Crippen LogP contribution in [0.3, 0.4) is 0 Å². The van der Waals surface area contributed by atoms with E-state index in [1.165, 1.54) is 0 Å². The predicted molar refractivity (Wildman–Crippen MR) is 130 cm³/mol. The van der Waals surface area contributed by atoms with Crippen molar-refractivity contribution in [1.82, 2.24) is 26.5 Å². The summed E-state index contributed by atoms with van der Waals surface area (Å²) in [6, 6.07) is 14.1. The van der Waals surface area contributed by atoms with E-state index in [0.29, 0.717) is 6.54 Å². The van der Waals surface area contributed by atoms with E-state index < -0.39 is 5.97 Å². The number of aliphatic carboxylic acids is 1. The summed E-state index contributed by atoms with van der Waals surface area (Å²) in [5.74, 6) is -0.280. The lowest BCUT2D eigenvalue weighted by atomic mass is 9.89. The molecular formula is C25H31N7O3. The number of nitrogens with zero attached hydrogens (tertiary/aromatic N) is 2. The first-order chi connectivity index (χ1) is 17.0. The molecule has 10 heteroatoms. The van der Waals surface area contributed by atoms with Gasteiger partial charge in [-0.15, -0.1) is 0 Å². The van der Waals surface area contributed by atoms with Crippen LogP contribution in [-0.2, 0) is 9.59 Å². The fraction of sp³-hybridized carbons (Fsp3) is 0.480. The van der Waals surface area contributed by atoms with Gasteiger partial charge in [-0.3, -0.25) is 25.6 Å². The molecule has 184 valence electrons. The second kappa shape index (κ2) is 8.78. The molecule has 0 bridgehead atoms. The van der Waals surface area contributed by atoms with Gasteiger partial charge < -0.3 is 15.3 Å². The van der Waals surface area contributed by atoms with Crippen LogP contribution in [0.5, 0.6) is 0 Å². The highest BCUT2D eigenvalue weighted by Gasteiger charge is 2.58. The maximum atomic E-state index is 12.7. The molecule has 10 nitrogen and oxygen atoms in total. The van der Waals surface area contributed by atoms with E-state index in [0.717, 1.165) is 49.4 Å². The second-order valence-corrected chi connectivity index (χ2v) is 10.2. The molecule has 5 unspecified atom stereocenters. The molecule has 1 saturated carbocycles. The largest absolute Gasteiger partial charge is 0.481 e. The fourth-order valence-corrected chi connectivity index (χ4v) is 5.97. The zero-order chi connectivity index (χ0) is 24.0. The molecule has 3 saturated heterocycles. The third-order valence-corrected chi connectivity index (χ3v) is 8.13. The number of carbonyl (C=O) groups is 2. The summed E-state index contributed by atoms with van der Waals surface area (Å²) in [7, 11) is 0. The van der Waals surface area contributed by atoms with Crippen molar-refractivity contribution in [3.8, 4) is 0 Å². The van der Waals surface area contributed by atoms with Crippen LogP contribution >= 0.6 is 0 Å². The number of carbonyl (C=O) groups excluding carboxylic acids is 1. The Morgan fingerprint density at radius 3 is 2.60 bits per heavy atom. The summed E-state index contributed by atoms with van der Waals surface area (Å²) in [6.07, 6.45) is 4.05. The molecule has 6 rings (SSSR count). The molecule has 1 aromatic heterocycles. The van der Waals surface area contributed by atoms with E-state index in [1.54, 1.807) is 0 Å². The molecule has 0 radical (unpaired) electrons. The van der Waals surface area contributed by atoms with Crippen LogP contribution in [0, 0.1) is 17.3 Å². The summed E-state index contributed by atoms with van der Waals surface area (Å²) < 4.78 is 0. The van der Waals surface area contributed by atoms with Crippen LogP contribution in [0.2, 0.25) is 0 Å². The number of hydrogen-bond donors (Lipinski definition) is 6. The van der Waals surface area contributed by atoms with Gasteiger partial charge in [-0.1, -0.05) is 30.3 Å². The Labute approximate surface area is 203 Å². The summed E-state index contributed by atoms with van der Waals surface area (Å²) in [6.45, 7) is 2.29. The highest BCUT2D eigenvalue weighted by Crippen LogP contribution is 2.59. The molecule has 1 spiro atoms. The Balaban J connectivity index is 1.14. The van der Waals surface area contributed by atoms with Crippen LogP contribution in [-0.4, -0.2) is 53.8 Å². The van der Waals surface area contributed by atoms with E-state index in [-0.39, 0.29) is 41.5 Å². The maximum absolute atomic E-state index is 12.7. The van der Waals surface area contributed by atoms with Gasteiger partial charge in [-0.25, -0.2) is 10.4 Å². The first-order valence-corrected chi connectivity index (χ1v) is 12.3. The maximum Gasteiger partial charge on any atom is 0.307 e. The number of fused-ring (bicyclic) bond motifs is 1. The first kappa shape index (κ1) is 22.3. The lowest BCUT2D eigenvalue weighted by Gasteiger charge is -2.46. The second-order valence-electron chi connectivity index (χ2n) is 10.2. The zero-order valence-corrected chi connectivity index (χ0v) is 19.4. The monoisotopic (exact) mass is 477 g/mol. The number of rotatable bonds is 5. The van der Waals surface area contributed by atoms with Crippen LogP contribution in [0.15, 0.2) is 48.7 Å². The van der Waals surface area contributed by atoms with Gasteiger partial charge in [0.2, 0.25) is 5.91 Å². The molecule has 1 aromatic carbocycles. The van der Waals surface area contributed by atoms with Gasteiger partial charge in [0.1, 0.15) is 5.82 Å². The van der Waals surface area contributed by atoms with E-state index in [9.17, 15) is 14.7 Å². The summed E-state index contributed by atoms with van der Waals surface area (Å²) >= 11 is 0. The number of hydrazine groups is 1. The molecule has 1 amide bonds. The highest BCUT2D eigenvalue weighted by molar-refractivity contribution is 5.81. The first-order valence-electron chi connectivity index (χ1n) is 12.3. The number of piperidine rings is 1. The van der Waals surface area contributed by atoms with E-state index in [2.05, 4.69) is 48.8 Å². The third kappa shape index (κ3) is 4.22. The van der Waals surface area contributed by atoms with Crippen molar-refractivity contribution in [1.29, 1.82) is 0 Å². The smallest absolute Gasteiger partial charge is 0.307 e. The van der Waals surface area contributed by atoms with Crippen molar-refractivity contribution < 1.29 is 14.7 Å². The van der Waals surface area contributed by atoms with E-state index >= 15 is 0 Å². The molecule has 3 aliphatic heterocycles. The molecule has 4 fully saturated rings. The number of aromatic nitrogens is 1. The topological polar surface area (TPSA) is 131 Å². The number of anilines is 2. The minimum Gasteiger partial charge on any atom is -0.481 e. The molecule has 1 aliphatic carbocycles. The number of carboxylic acid groups (broad SMARTS) is 1. The van der Waals surface area contributed by atoms with Gasteiger partial charge in [-0.2, -0.15) is 0 Å². The van der Waals surface area contributed by atoms with Crippen LogP contribution in [0.25, 0.3) is 0 Å². The Morgan fingerprint density at radius 1 is 1.11 bits per heavy atom. The number of benzene rings is 1. The summed E-state index contributed by atoms with van der Waals surface area (Å²) in [5, 5.41) is 19.9. The van der Waals surface area contributed by atoms with Crippen molar-refractivity contribution >= 4 is 23.4 Å². The van der Waals surface area contributed by atoms with Gasteiger partial charge in [0.25, 0.3) is 0 Å². The molecule has 4 aliphatic rings. The average molecular weight is 478 g/mol. The van der Waals surface area contributed by atoms with Gasteiger partial charge in [0, 0.05) is 25.7 Å². The molecular weight excluding hydrogens is 446 g/mol. The fourth-order valence-electron chi connectivity index (χ4n) is 5.97. The van der Waals surface area contributed by atoms with Gasteiger partial charge in [0.15, 0.2) is 0 Å². The van der Waals surface area contributed by atoms with Gasteiger partial charge in [0.05, 0.1) is 36.1 Å². The summed E-state index contributed by atoms with van der Waals surface area (Å²) in [4.78, 5) is 30.9. The number of nitrogens with one attached hydrogen (secondary N) is 5. The Bertz CT molecular complexity index is 1090. The molecule has 6 N–H and O–H groups in total. The van der Waals surface area contributed by atoms with Crippen molar-refractivity contribution in [2.45, 2.75) is 37.6 Å². The Kier molecular flexibility index (Phi) is 5.58. The zero-order valence-electron chi connectivity index (χ0n) is 19.4. The number of carboxylic acids is 1. The molecule has 4 heterocycles. The van der Waals surface area contributed by atoms with Gasteiger partial charge in [-0.05, 0) is 42.4 Å². The molecule has 5 atom stereocenters. The lowest BCUT2D eigenvalue weighted by Crippen LogP contribution is -2.71. The standard InChI is InChI=1S/C25H31N7O3/c33-23-20-18(14-27-31-23)29-21(15-4-2-1-3-5-15)30-22(20)28-16-6-7-19(26-13-16)32-10-8-25(9-11-32)12-17(25)24(34)35/h1-7,13,17-18,20-22,27-30H,8-12,14H2,(H,31,33)(H,34,35). The Hall–Kier alpha value is -3.21. The minimum atomic E-state index is -0.655.